The van der Waals surface area contributed by atoms with Gasteiger partial charge in [0.05, 0.1) is 5.69 Å². The fourth-order valence-electron chi connectivity index (χ4n) is 1.88. The highest BCUT2D eigenvalue weighted by molar-refractivity contribution is 5.92. The van der Waals surface area contributed by atoms with E-state index in [1.165, 1.54) is 0 Å². The number of carbonyl (C=O) groups is 1. The molecule has 0 saturated heterocycles. The molecule has 0 unspecified atom stereocenters. The van der Waals surface area contributed by atoms with Crippen LogP contribution in [-0.4, -0.2) is 33.9 Å². The molecule has 0 aliphatic carbocycles. The number of benzene rings is 1. The number of aliphatic hydroxyl groups is 1. The SMILES string of the molecule is O=C(NCCCCCO)c1ccn(-c2ccccc2)n1. The predicted molar refractivity (Wildman–Crippen MR) is 76.8 cm³/mol. The number of aromatic nitrogens is 2. The fourth-order valence-corrected chi connectivity index (χ4v) is 1.88. The van der Waals surface area contributed by atoms with Crippen molar-refractivity contribution in [3.63, 3.8) is 0 Å². The lowest BCUT2D eigenvalue weighted by molar-refractivity contribution is 0.0947. The van der Waals surface area contributed by atoms with Gasteiger partial charge in [-0.15, -0.1) is 0 Å². The molecule has 0 bridgehead atoms. The van der Waals surface area contributed by atoms with Crippen molar-refractivity contribution in [1.82, 2.24) is 15.1 Å². The molecule has 20 heavy (non-hydrogen) atoms. The van der Waals surface area contributed by atoms with Gasteiger partial charge in [-0.1, -0.05) is 18.2 Å². The molecule has 0 aliphatic rings. The number of para-hydroxylation sites is 1. The van der Waals surface area contributed by atoms with Crippen LogP contribution in [0.5, 0.6) is 0 Å². The van der Waals surface area contributed by atoms with E-state index in [1.807, 2.05) is 30.3 Å². The second kappa shape index (κ2) is 7.45. The van der Waals surface area contributed by atoms with Crippen molar-refractivity contribution in [1.29, 1.82) is 0 Å². The summed E-state index contributed by atoms with van der Waals surface area (Å²) in [6, 6.07) is 11.4. The summed E-state index contributed by atoms with van der Waals surface area (Å²) in [5.74, 6) is -0.163. The molecule has 0 spiro atoms. The molecule has 2 rings (SSSR count). The Bertz CT molecular complexity index is 537. The monoisotopic (exact) mass is 273 g/mol. The van der Waals surface area contributed by atoms with Gasteiger partial charge in [0.2, 0.25) is 0 Å². The van der Waals surface area contributed by atoms with Crippen LogP contribution in [0.2, 0.25) is 0 Å². The number of hydrogen-bond donors (Lipinski definition) is 2. The Kier molecular flexibility index (Phi) is 5.32. The van der Waals surface area contributed by atoms with E-state index >= 15 is 0 Å². The zero-order valence-electron chi connectivity index (χ0n) is 11.3. The number of unbranched alkanes of at least 4 members (excludes halogenated alkanes) is 2. The Hall–Kier alpha value is -2.14. The quantitative estimate of drug-likeness (QED) is 0.755. The summed E-state index contributed by atoms with van der Waals surface area (Å²) in [7, 11) is 0. The van der Waals surface area contributed by atoms with Crippen molar-refractivity contribution in [2.24, 2.45) is 0 Å². The minimum Gasteiger partial charge on any atom is -0.396 e. The Morgan fingerprint density at radius 3 is 2.70 bits per heavy atom. The van der Waals surface area contributed by atoms with Crippen LogP contribution in [0.1, 0.15) is 29.8 Å². The lowest BCUT2D eigenvalue weighted by Gasteiger charge is -2.03. The molecule has 0 aliphatic heterocycles. The number of nitrogens with one attached hydrogen (secondary N) is 1. The molecular formula is C15H19N3O2. The zero-order valence-corrected chi connectivity index (χ0v) is 11.3. The highest BCUT2D eigenvalue weighted by Gasteiger charge is 2.09. The van der Waals surface area contributed by atoms with Gasteiger partial charge >= 0.3 is 0 Å². The maximum absolute atomic E-state index is 11.9. The van der Waals surface area contributed by atoms with Crippen LogP contribution in [0.25, 0.3) is 5.69 Å². The largest absolute Gasteiger partial charge is 0.396 e. The number of nitrogens with zero attached hydrogens (tertiary/aromatic N) is 2. The first-order chi connectivity index (χ1) is 9.81. The molecule has 106 valence electrons. The first-order valence-corrected chi connectivity index (χ1v) is 6.81. The zero-order chi connectivity index (χ0) is 14.2. The van der Waals surface area contributed by atoms with Gasteiger partial charge in [0.1, 0.15) is 0 Å². The van der Waals surface area contributed by atoms with Crippen molar-refractivity contribution in [3.8, 4) is 5.69 Å². The van der Waals surface area contributed by atoms with E-state index in [4.69, 9.17) is 5.11 Å². The number of rotatable bonds is 7. The van der Waals surface area contributed by atoms with E-state index in [0.29, 0.717) is 12.2 Å². The Morgan fingerprint density at radius 2 is 1.95 bits per heavy atom. The van der Waals surface area contributed by atoms with Crippen molar-refractivity contribution in [2.45, 2.75) is 19.3 Å². The Balaban J connectivity index is 1.87. The van der Waals surface area contributed by atoms with E-state index in [-0.39, 0.29) is 12.5 Å². The molecule has 2 aromatic rings. The Labute approximate surface area is 118 Å². The molecule has 0 atom stereocenters. The third-order valence-corrected chi connectivity index (χ3v) is 2.96. The topological polar surface area (TPSA) is 67.2 Å². The minimum atomic E-state index is -0.163. The summed E-state index contributed by atoms with van der Waals surface area (Å²) in [5, 5.41) is 15.8. The third kappa shape index (κ3) is 3.93. The van der Waals surface area contributed by atoms with Crippen molar-refractivity contribution >= 4 is 5.91 Å². The highest BCUT2D eigenvalue weighted by Crippen LogP contribution is 2.06. The lowest BCUT2D eigenvalue weighted by atomic mass is 10.2. The van der Waals surface area contributed by atoms with Gasteiger partial charge in [-0.3, -0.25) is 4.79 Å². The molecule has 5 nitrogen and oxygen atoms in total. The Morgan fingerprint density at radius 1 is 1.15 bits per heavy atom. The van der Waals surface area contributed by atoms with E-state index in [2.05, 4.69) is 10.4 Å². The van der Waals surface area contributed by atoms with Crippen molar-refractivity contribution in [2.75, 3.05) is 13.2 Å². The summed E-state index contributed by atoms with van der Waals surface area (Å²) >= 11 is 0. The first kappa shape index (κ1) is 14.3. The van der Waals surface area contributed by atoms with E-state index in [1.54, 1.807) is 16.9 Å². The second-order valence-corrected chi connectivity index (χ2v) is 4.52. The standard InChI is InChI=1S/C15H19N3O2/c19-12-6-2-5-10-16-15(20)14-9-11-18(17-14)13-7-3-1-4-8-13/h1,3-4,7-9,11,19H,2,5-6,10,12H2,(H,16,20). The summed E-state index contributed by atoms with van der Waals surface area (Å²) in [6.07, 6.45) is 4.33. The van der Waals surface area contributed by atoms with Gasteiger partial charge in [-0.05, 0) is 37.5 Å². The highest BCUT2D eigenvalue weighted by atomic mass is 16.2. The summed E-state index contributed by atoms with van der Waals surface area (Å²) < 4.78 is 1.68. The lowest BCUT2D eigenvalue weighted by Crippen LogP contribution is -2.25. The number of hydrogen-bond acceptors (Lipinski definition) is 3. The normalized spacial score (nSPS) is 10.4. The van der Waals surface area contributed by atoms with Crippen LogP contribution < -0.4 is 5.32 Å². The predicted octanol–water partition coefficient (Wildman–Crippen LogP) is 1.76. The van der Waals surface area contributed by atoms with Crippen LogP contribution in [0.3, 0.4) is 0 Å². The third-order valence-electron chi connectivity index (χ3n) is 2.96. The van der Waals surface area contributed by atoms with Gasteiger partial charge in [0, 0.05) is 19.3 Å². The molecule has 5 heteroatoms. The maximum Gasteiger partial charge on any atom is 0.271 e. The maximum atomic E-state index is 11.9. The molecule has 0 radical (unpaired) electrons. The van der Waals surface area contributed by atoms with Crippen LogP contribution in [0.15, 0.2) is 42.6 Å². The number of carbonyl (C=O) groups excluding carboxylic acids is 1. The second-order valence-electron chi connectivity index (χ2n) is 4.52. The average Bonchev–Trinajstić information content (AvgIpc) is 2.98. The van der Waals surface area contributed by atoms with Crippen molar-refractivity contribution < 1.29 is 9.90 Å². The van der Waals surface area contributed by atoms with Crippen molar-refractivity contribution in [3.05, 3.63) is 48.3 Å². The van der Waals surface area contributed by atoms with Gasteiger partial charge < -0.3 is 10.4 Å². The van der Waals surface area contributed by atoms with Gasteiger partial charge in [0.25, 0.3) is 5.91 Å². The first-order valence-electron chi connectivity index (χ1n) is 6.81. The van der Waals surface area contributed by atoms with Crippen LogP contribution >= 0.6 is 0 Å². The molecule has 1 amide bonds. The van der Waals surface area contributed by atoms with Crippen LogP contribution in [-0.2, 0) is 0 Å². The van der Waals surface area contributed by atoms with Gasteiger partial charge in [0.15, 0.2) is 5.69 Å². The molecule has 1 aromatic carbocycles. The van der Waals surface area contributed by atoms with Gasteiger partial charge in [-0.25, -0.2) is 4.68 Å². The minimum absolute atomic E-state index is 0.163. The fraction of sp³-hybridized carbons (Fsp3) is 0.333. The van der Waals surface area contributed by atoms with Gasteiger partial charge in [-0.2, -0.15) is 5.10 Å². The van der Waals surface area contributed by atoms with E-state index in [0.717, 1.165) is 24.9 Å². The van der Waals surface area contributed by atoms with Crippen LogP contribution in [0, 0.1) is 0 Å². The average molecular weight is 273 g/mol. The number of aliphatic hydroxyl groups excluding tert-OH is 1. The molecule has 0 saturated carbocycles. The van der Waals surface area contributed by atoms with E-state index < -0.39 is 0 Å². The molecule has 1 aromatic heterocycles. The summed E-state index contributed by atoms with van der Waals surface area (Å²) in [4.78, 5) is 11.9. The molecule has 0 fully saturated rings. The molecule has 1 heterocycles. The molecular weight excluding hydrogens is 254 g/mol. The summed E-state index contributed by atoms with van der Waals surface area (Å²) in [5.41, 5.74) is 1.34. The number of amides is 1. The molecule has 2 N–H and O–H groups in total. The van der Waals surface area contributed by atoms with Crippen LogP contribution in [0.4, 0.5) is 0 Å². The summed E-state index contributed by atoms with van der Waals surface area (Å²) in [6.45, 7) is 0.812. The van der Waals surface area contributed by atoms with E-state index in [9.17, 15) is 4.79 Å². The smallest absolute Gasteiger partial charge is 0.271 e.